The van der Waals surface area contributed by atoms with Crippen LogP contribution < -0.4 is 14.2 Å². The van der Waals surface area contributed by atoms with E-state index >= 15 is 0 Å². The van der Waals surface area contributed by atoms with Crippen LogP contribution in [0.15, 0.2) is 95.4 Å². The number of fused-ring (bicyclic) bond motifs is 11. The smallest absolute Gasteiger partial charge is 0.375 e. The molecule has 12 rings (SSSR count). The number of carbonyl (C=O) groups excluding carboxylic acids is 3. The number of esters is 1. The SMILES string of the molecule is CCOC(=O)C1=C(C=O)C2=C3CC(CO)C(=O)C(C3)c3cc4cc[nH]c4cc3CCC(CO)COc3c4c(c(CO)c(c32)O1)OC1(C=CC(CCO)C2C3=CC5C(CSSCC(c6ccccc6)CC3O)N(CCCOC)CCC5C21O)C4. The highest BCUT2D eigenvalue weighted by atomic mass is 33.1. The molecule has 8 aliphatic rings. The second kappa shape index (κ2) is 24.3. The van der Waals surface area contributed by atoms with Gasteiger partial charge in [-0.25, -0.2) is 4.79 Å². The zero-order chi connectivity index (χ0) is 57.7. The average molecular weight is 1170 g/mol. The van der Waals surface area contributed by atoms with Gasteiger partial charge in [-0.15, -0.1) is 0 Å². The molecule has 1 spiro atoms. The van der Waals surface area contributed by atoms with E-state index in [0.717, 1.165) is 52.1 Å². The molecule has 2 fully saturated rings. The molecule has 442 valence electrons. The lowest BCUT2D eigenvalue weighted by Gasteiger charge is -2.62. The summed E-state index contributed by atoms with van der Waals surface area (Å²) >= 11 is 0. The molecule has 1 aromatic heterocycles. The van der Waals surface area contributed by atoms with Crippen molar-refractivity contribution in [1.82, 2.24) is 9.88 Å². The molecule has 18 heteroatoms. The van der Waals surface area contributed by atoms with Crippen molar-refractivity contribution in [2.75, 3.05) is 71.3 Å². The molecule has 12 atom stereocenters. The Bertz CT molecular complexity index is 3260. The van der Waals surface area contributed by atoms with E-state index in [0.29, 0.717) is 68.3 Å². The summed E-state index contributed by atoms with van der Waals surface area (Å²) in [4.78, 5) is 49.0. The van der Waals surface area contributed by atoms with Crippen LogP contribution in [0.3, 0.4) is 0 Å². The van der Waals surface area contributed by atoms with E-state index in [4.69, 9.17) is 23.7 Å². The molecule has 0 amide bonds. The highest BCUT2D eigenvalue weighted by molar-refractivity contribution is 8.76. The number of aliphatic hydroxyl groups is 6. The Balaban J connectivity index is 1.08. The van der Waals surface area contributed by atoms with E-state index in [1.807, 2.05) is 76.3 Å². The fourth-order valence-electron chi connectivity index (χ4n) is 15.7. The van der Waals surface area contributed by atoms with Gasteiger partial charge in [-0.1, -0.05) is 69.6 Å². The topological polar surface area (TPSA) is 238 Å². The number of aromatic amines is 1. The predicted octanol–water partition coefficient (Wildman–Crippen LogP) is 7.31. The summed E-state index contributed by atoms with van der Waals surface area (Å²) in [6, 6.07) is 16.2. The predicted molar refractivity (Wildman–Crippen MR) is 316 cm³/mol. The number of methoxy groups -OCH3 is 1. The number of aryl methyl sites for hydroxylation is 1. The van der Waals surface area contributed by atoms with Gasteiger partial charge in [0.2, 0.25) is 5.76 Å². The van der Waals surface area contributed by atoms with Crippen LogP contribution in [0.4, 0.5) is 0 Å². The number of aromatic nitrogens is 1. The van der Waals surface area contributed by atoms with E-state index < -0.39 is 77.8 Å². The molecule has 6 heterocycles. The lowest BCUT2D eigenvalue weighted by atomic mass is 9.48. The third-order valence-corrected chi connectivity index (χ3v) is 22.1. The lowest BCUT2D eigenvalue weighted by molar-refractivity contribution is -0.207. The fraction of sp³-hybridized carbons (Fsp3) is 0.523. The van der Waals surface area contributed by atoms with Crippen LogP contribution in [0.25, 0.3) is 16.5 Å². The van der Waals surface area contributed by atoms with E-state index in [1.165, 1.54) is 0 Å². The Labute approximate surface area is 491 Å². The minimum Gasteiger partial charge on any atom is -0.492 e. The third-order valence-electron chi connectivity index (χ3n) is 19.6. The zero-order valence-corrected chi connectivity index (χ0v) is 48.8. The van der Waals surface area contributed by atoms with Crippen molar-refractivity contribution in [2.24, 2.45) is 35.5 Å². The quantitative estimate of drug-likeness (QED) is 0.0228. The molecule has 5 aliphatic heterocycles. The van der Waals surface area contributed by atoms with Gasteiger partial charge in [-0.3, -0.25) is 14.5 Å². The van der Waals surface area contributed by atoms with Crippen LogP contribution in [-0.4, -0.2) is 153 Å². The van der Waals surface area contributed by atoms with Crippen molar-refractivity contribution < 1.29 is 68.7 Å². The van der Waals surface area contributed by atoms with Gasteiger partial charge in [0.25, 0.3) is 0 Å². The van der Waals surface area contributed by atoms with Gasteiger partial charge in [0.05, 0.1) is 49.2 Å². The summed E-state index contributed by atoms with van der Waals surface area (Å²) in [5, 5.41) is 74.2. The van der Waals surface area contributed by atoms with Crippen molar-refractivity contribution in [3.63, 3.8) is 0 Å². The Kier molecular flexibility index (Phi) is 17.0. The molecule has 1 saturated heterocycles. The van der Waals surface area contributed by atoms with Crippen LogP contribution in [0.1, 0.15) is 97.1 Å². The maximum absolute atomic E-state index is 15.0. The molecule has 4 aromatic rings. The number of ketones is 1. The largest absolute Gasteiger partial charge is 0.492 e. The average Bonchev–Trinajstić information content (AvgIpc) is 1.87. The van der Waals surface area contributed by atoms with Gasteiger partial charge >= 0.3 is 5.97 Å². The third kappa shape index (κ3) is 10.0. The first kappa shape index (κ1) is 58.1. The number of aliphatic hydroxyl groups excluding tert-OH is 5. The van der Waals surface area contributed by atoms with Gasteiger partial charge in [-0.2, -0.15) is 0 Å². The van der Waals surface area contributed by atoms with E-state index in [1.54, 1.807) is 14.0 Å². The molecule has 16 nitrogen and oxygen atoms in total. The Hall–Kier alpha value is -5.25. The first-order valence-corrected chi connectivity index (χ1v) is 32.1. The molecular formula is C65H76N2O14S2. The summed E-state index contributed by atoms with van der Waals surface area (Å²) in [7, 11) is 5.34. The number of aldehydes is 1. The van der Waals surface area contributed by atoms with Gasteiger partial charge in [0.1, 0.15) is 28.6 Å². The molecule has 3 aromatic carbocycles. The first-order valence-electron chi connectivity index (χ1n) is 29.7. The van der Waals surface area contributed by atoms with Crippen LogP contribution in [0, 0.1) is 35.5 Å². The van der Waals surface area contributed by atoms with Gasteiger partial charge in [0, 0.05) is 110 Å². The number of rotatable bonds is 13. The maximum Gasteiger partial charge on any atom is 0.375 e. The maximum atomic E-state index is 15.0. The second-order valence-electron chi connectivity index (χ2n) is 23.9. The second-order valence-corrected chi connectivity index (χ2v) is 26.5. The van der Waals surface area contributed by atoms with Gasteiger partial charge in [-0.05, 0) is 135 Å². The molecule has 3 aliphatic carbocycles. The van der Waals surface area contributed by atoms with Crippen molar-refractivity contribution in [1.29, 1.82) is 0 Å². The number of ether oxygens (including phenoxy) is 5. The molecular weight excluding hydrogens is 1100 g/mol. The number of allylic oxidation sites excluding steroid dienone is 4. The number of hydrogen-bond acceptors (Lipinski definition) is 17. The first-order chi connectivity index (χ1) is 40.4. The van der Waals surface area contributed by atoms with Crippen LogP contribution in [0.2, 0.25) is 0 Å². The number of H-pyrrole nitrogens is 1. The molecule has 12 unspecified atom stereocenters. The van der Waals surface area contributed by atoms with Crippen molar-refractivity contribution in [3.05, 3.63) is 129 Å². The van der Waals surface area contributed by atoms with Crippen LogP contribution >= 0.6 is 21.6 Å². The summed E-state index contributed by atoms with van der Waals surface area (Å²) in [5.74, 6) is -3.80. The fourth-order valence-corrected chi connectivity index (χ4v) is 18.4. The summed E-state index contributed by atoms with van der Waals surface area (Å²) < 4.78 is 32.6. The van der Waals surface area contributed by atoms with E-state index in [-0.39, 0.29) is 109 Å². The van der Waals surface area contributed by atoms with E-state index in [9.17, 15) is 45.0 Å². The number of hydrogen-bond donors (Lipinski definition) is 7. The Morgan fingerprint density at radius 2 is 1.84 bits per heavy atom. The van der Waals surface area contributed by atoms with Gasteiger partial charge < -0.3 is 59.3 Å². The minimum atomic E-state index is -1.79. The molecule has 0 radical (unpaired) electrons. The number of Topliss-reactive ketones (excluding diaryl/α,β-unsaturated/α-hetero) is 1. The zero-order valence-electron chi connectivity index (χ0n) is 47.1. The normalized spacial score (nSPS) is 31.4. The highest BCUT2D eigenvalue weighted by Gasteiger charge is 2.70. The summed E-state index contributed by atoms with van der Waals surface area (Å²) in [6.07, 6.45) is 10.6. The molecule has 83 heavy (non-hydrogen) atoms. The number of benzene rings is 3. The number of carbonyl (C=O) groups is 3. The lowest BCUT2D eigenvalue weighted by Crippen LogP contribution is -2.73. The highest BCUT2D eigenvalue weighted by Crippen LogP contribution is 2.65. The Morgan fingerprint density at radius 1 is 1.01 bits per heavy atom. The number of nitrogens with zero attached hydrogens (tertiary/aromatic N) is 1. The van der Waals surface area contributed by atoms with E-state index in [2.05, 4.69) is 28.1 Å². The van der Waals surface area contributed by atoms with Crippen molar-refractivity contribution >= 4 is 56.1 Å². The Morgan fingerprint density at radius 3 is 2.60 bits per heavy atom. The van der Waals surface area contributed by atoms with Gasteiger partial charge in [0.15, 0.2) is 11.9 Å². The standard InChI is InChI=1S/C65H76N2O14S2/c1-3-78-63(75)62-49(31-71)55-41-22-42(30-70)58(74)45(24-41)44-23-40-13-17-66-52(40)25-39(44)11-10-36(29-69)33-79-60-48-28-64(81-59(48)50(32-72)61(80-62)56(55)60)16-12-38(15-20-68)57-47-27-46-51(65(57,64)76)14-19-67(18-7-21-77-2)53(46)35-83-82-34-43(26-54(47)73)37-8-5-4-6-9-37/h4-6,8-9,12-13,16-17,23,25,27,31,36,38,42-43,45-46,51,53-54,57,66,68-70,72-73,76H,3,7,10-11,14-15,18-22,24,26,28-30,32-35H2,1-2H3. The summed E-state index contributed by atoms with van der Waals surface area (Å²) in [6.45, 7) is 1.93. The van der Waals surface area contributed by atoms with Crippen molar-refractivity contribution in [2.45, 2.75) is 107 Å². The van der Waals surface area contributed by atoms with Crippen molar-refractivity contribution in [3.8, 4) is 17.2 Å². The summed E-state index contributed by atoms with van der Waals surface area (Å²) in [5.41, 5.74) is 2.44. The molecule has 1 saturated carbocycles. The number of nitrogens with one attached hydrogen (secondary N) is 1. The molecule has 4 bridgehead atoms. The monoisotopic (exact) mass is 1170 g/mol. The number of likely N-dealkylation sites (tertiary alicyclic amines) is 1. The minimum absolute atomic E-state index is 0.0168. The van der Waals surface area contributed by atoms with Crippen LogP contribution in [-0.2, 0) is 43.3 Å². The molecule has 7 N–H and O–H groups in total. The van der Waals surface area contributed by atoms with Crippen LogP contribution in [0.5, 0.6) is 17.2 Å². The number of piperidine rings is 1.